The van der Waals surface area contributed by atoms with E-state index in [1.54, 1.807) is 0 Å². The Bertz CT molecular complexity index is 644. The zero-order valence-electron chi connectivity index (χ0n) is 12.8. The van der Waals surface area contributed by atoms with Crippen molar-refractivity contribution in [2.75, 3.05) is 5.32 Å². The quantitative estimate of drug-likeness (QED) is 0.857. The number of carboxylic acid groups (broad SMARTS) is 1. The Kier molecular flexibility index (Phi) is 3.59. The lowest BCUT2D eigenvalue weighted by atomic mass is 9.82. The number of carbonyl (C=O) groups is 2. The molecule has 2 aliphatic carbocycles. The number of carbonyl (C=O) groups excluding carboxylic acids is 2. The lowest BCUT2D eigenvalue weighted by Crippen LogP contribution is -2.42. The van der Waals surface area contributed by atoms with Gasteiger partial charge in [-0.2, -0.15) is 0 Å². The molecule has 0 spiro atoms. The number of fused-ring (bicyclic) bond motifs is 2. The second kappa shape index (κ2) is 5.19. The van der Waals surface area contributed by atoms with Gasteiger partial charge in [0.2, 0.25) is 5.91 Å². The fraction of sp³-hybridized carbons (Fsp3) is 0.562. The Morgan fingerprint density at radius 2 is 1.91 bits per heavy atom. The van der Waals surface area contributed by atoms with Gasteiger partial charge in [0, 0.05) is 22.7 Å². The van der Waals surface area contributed by atoms with Crippen molar-refractivity contribution in [2.45, 2.75) is 32.6 Å². The van der Waals surface area contributed by atoms with E-state index in [-0.39, 0.29) is 23.2 Å². The molecular weight excluding hydrogens is 300 g/mol. The number of rotatable bonds is 3. The number of carboxylic acids is 1. The maximum atomic E-state index is 12.5. The predicted molar refractivity (Wildman–Crippen MR) is 82.2 cm³/mol. The molecule has 2 bridgehead atoms. The molecular formula is C16H19N2O3S-. The highest BCUT2D eigenvalue weighted by molar-refractivity contribution is 7.13. The van der Waals surface area contributed by atoms with Gasteiger partial charge in [-0.1, -0.05) is 32.9 Å². The molecule has 5 nitrogen and oxygen atoms in total. The van der Waals surface area contributed by atoms with Crippen LogP contribution in [-0.2, 0) is 15.0 Å². The highest BCUT2D eigenvalue weighted by atomic mass is 32.1. The van der Waals surface area contributed by atoms with Crippen molar-refractivity contribution in [3.8, 4) is 0 Å². The maximum Gasteiger partial charge on any atom is 0.230 e. The lowest BCUT2D eigenvalue weighted by molar-refractivity contribution is -0.313. The first-order chi connectivity index (χ1) is 10.3. The summed E-state index contributed by atoms with van der Waals surface area (Å²) in [6.07, 6.45) is 4.58. The fourth-order valence-electron chi connectivity index (χ4n) is 3.37. The number of thiazole rings is 1. The van der Waals surface area contributed by atoms with Crippen LogP contribution in [0.25, 0.3) is 0 Å². The van der Waals surface area contributed by atoms with Crippen molar-refractivity contribution < 1.29 is 14.7 Å². The number of anilines is 1. The first-order valence-corrected chi connectivity index (χ1v) is 8.31. The Labute approximate surface area is 133 Å². The third-order valence-corrected chi connectivity index (χ3v) is 5.29. The minimum atomic E-state index is -1.13. The van der Waals surface area contributed by atoms with Gasteiger partial charge < -0.3 is 15.2 Å². The van der Waals surface area contributed by atoms with Gasteiger partial charge in [-0.25, -0.2) is 4.98 Å². The molecule has 1 saturated carbocycles. The summed E-state index contributed by atoms with van der Waals surface area (Å²) < 4.78 is 0. The Morgan fingerprint density at radius 3 is 2.45 bits per heavy atom. The molecule has 0 saturated heterocycles. The van der Waals surface area contributed by atoms with E-state index in [4.69, 9.17) is 0 Å². The first kappa shape index (κ1) is 15.2. The summed E-state index contributed by atoms with van der Waals surface area (Å²) in [6, 6.07) is 0. The van der Waals surface area contributed by atoms with Gasteiger partial charge in [-0.05, 0) is 18.3 Å². The van der Waals surface area contributed by atoms with E-state index >= 15 is 0 Å². The SMILES string of the molecule is CC(C)(C)c1csc(NC(=O)[C@H]2[C@@H](C(=O)[O-])[C@H]3C=C[C@H]2C3)n1. The van der Waals surface area contributed by atoms with Crippen molar-refractivity contribution in [1.29, 1.82) is 0 Å². The second-order valence-corrected chi connectivity index (χ2v) is 7.95. The van der Waals surface area contributed by atoms with Crippen LogP contribution >= 0.6 is 11.3 Å². The van der Waals surface area contributed by atoms with Crippen LogP contribution in [0.15, 0.2) is 17.5 Å². The van der Waals surface area contributed by atoms with Crippen LogP contribution < -0.4 is 10.4 Å². The molecule has 1 heterocycles. The van der Waals surface area contributed by atoms with E-state index in [0.717, 1.165) is 12.1 Å². The van der Waals surface area contributed by atoms with Crippen LogP contribution in [-0.4, -0.2) is 16.9 Å². The van der Waals surface area contributed by atoms with Crippen molar-refractivity contribution in [3.05, 3.63) is 23.2 Å². The molecule has 3 rings (SSSR count). The second-order valence-electron chi connectivity index (χ2n) is 7.10. The Hall–Kier alpha value is -1.69. The minimum Gasteiger partial charge on any atom is -0.550 e. The summed E-state index contributed by atoms with van der Waals surface area (Å²) >= 11 is 1.37. The average Bonchev–Trinajstić information content (AvgIpc) is 3.11. The highest BCUT2D eigenvalue weighted by Crippen LogP contribution is 2.48. The van der Waals surface area contributed by atoms with E-state index in [0.29, 0.717) is 5.13 Å². The third kappa shape index (κ3) is 2.56. The van der Waals surface area contributed by atoms with Gasteiger partial charge in [0.1, 0.15) is 0 Å². The zero-order chi connectivity index (χ0) is 16.1. The largest absolute Gasteiger partial charge is 0.550 e. The Morgan fingerprint density at radius 1 is 1.27 bits per heavy atom. The summed E-state index contributed by atoms with van der Waals surface area (Å²) in [4.78, 5) is 28.3. The normalized spacial score (nSPS) is 29.8. The van der Waals surface area contributed by atoms with Gasteiger partial charge in [-0.3, -0.25) is 4.79 Å². The van der Waals surface area contributed by atoms with Crippen LogP contribution in [0.1, 0.15) is 32.9 Å². The monoisotopic (exact) mass is 319 g/mol. The standard InChI is InChI=1S/C16H20N2O3S/c1-16(2,3)10-7-22-15(17-10)18-13(19)11-8-4-5-9(6-8)12(11)14(20)21/h4-5,7-9,11-12H,6H2,1-3H3,(H,20,21)(H,17,18,19)/p-1/t8-,9-,11+,12-/m0/s1. The van der Waals surface area contributed by atoms with Gasteiger partial charge in [0.25, 0.3) is 0 Å². The number of aliphatic carboxylic acids is 1. The third-order valence-electron chi connectivity index (χ3n) is 4.54. The molecule has 6 heteroatoms. The van der Waals surface area contributed by atoms with Crippen LogP contribution in [0, 0.1) is 23.7 Å². The van der Waals surface area contributed by atoms with Crippen LogP contribution in [0.4, 0.5) is 5.13 Å². The van der Waals surface area contributed by atoms with Crippen molar-refractivity contribution in [2.24, 2.45) is 23.7 Å². The maximum absolute atomic E-state index is 12.5. The lowest BCUT2D eigenvalue weighted by Gasteiger charge is -2.27. The molecule has 1 N–H and O–H groups in total. The number of amides is 1. The van der Waals surface area contributed by atoms with E-state index in [1.165, 1.54) is 11.3 Å². The van der Waals surface area contributed by atoms with Crippen LogP contribution in [0.2, 0.25) is 0 Å². The van der Waals surface area contributed by atoms with Gasteiger partial charge in [0.15, 0.2) is 5.13 Å². The molecule has 0 aliphatic heterocycles. The molecule has 0 unspecified atom stereocenters. The smallest absolute Gasteiger partial charge is 0.230 e. The van der Waals surface area contributed by atoms with E-state index < -0.39 is 17.8 Å². The van der Waals surface area contributed by atoms with Crippen molar-refractivity contribution in [1.82, 2.24) is 4.98 Å². The predicted octanol–water partition coefficient (Wildman–Crippen LogP) is 1.57. The number of hydrogen-bond donors (Lipinski definition) is 1. The highest BCUT2D eigenvalue weighted by Gasteiger charge is 2.48. The van der Waals surface area contributed by atoms with E-state index in [2.05, 4.69) is 31.1 Å². The van der Waals surface area contributed by atoms with Crippen LogP contribution in [0.3, 0.4) is 0 Å². The topological polar surface area (TPSA) is 82.1 Å². The summed E-state index contributed by atoms with van der Waals surface area (Å²) in [7, 11) is 0. The van der Waals surface area contributed by atoms with Crippen LogP contribution in [0.5, 0.6) is 0 Å². The minimum absolute atomic E-state index is 0.00468. The molecule has 2 aliphatic rings. The summed E-state index contributed by atoms with van der Waals surface area (Å²) in [5.74, 6) is -2.76. The molecule has 1 amide bonds. The van der Waals surface area contributed by atoms with Gasteiger partial charge in [0.05, 0.1) is 11.6 Å². The zero-order valence-corrected chi connectivity index (χ0v) is 13.6. The molecule has 22 heavy (non-hydrogen) atoms. The van der Waals surface area contributed by atoms with E-state index in [9.17, 15) is 14.7 Å². The molecule has 1 aromatic heterocycles. The summed E-state index contributed by atoms with van der Waals surface area (Å²) in [6.45, 7) is 6.17. The molecule has 0 radical (unpaired) electrons. The molecule has 0 aromatic carbocycles. The Balaban J connectivity index is 1.76. The average molecular weight is 319 g/mol. The van der Waals surface area contributed by atoms with E-state index in [1.807, 2.05) is 17.5 Å². The molecule has 118 valence electrons. The fourth-order valence-corrected chi connectivity index (χ4v) is 4.31. The first-order valence-electron chi connectivity index (χ1n) is 7.43. The van der Waals surface area contributed by atoms with Gasteiger partial charge >= 0.3 is 0 Å². The molecule has 1 fully saturated rings. The van der Waals surface area contributed by atoms with Gasteiger partial charge in [-0.15, -0.1) is 11.3 Å². The number of hydrogen-bond acceptors (Lipinski definition) is 5. The summed E-state index contributed by atoms with van der Waals surface area (Å²) in [5.41, 5.74) is 0.833. The van der Waals surface area contributed by atoms with Crippen molar-refractivity contribution >= 4 is 28.3 Å². The molecule has 1 aromatic rings. The number of aromatic nitrogens is 1. The number of nitrogens with one attached hydrogen (secondary N) is 1. The molecule has 4 atom stereocenters. The number of allylic oxidation sites excluding steroid dienone is 2. The number of nitrogens with zero attached hydrogens (tertiary/aromatic N) is 1. The van der Waals surface area contributed by atoms with Crippen molar-refractivity contribution in [3.63, 3.8) is 0 Å². The summed E-state index contributed by atoms with van der Waals surface area (Å²) in [5, 5.41) is 16.6.